The Labute approximate surface area is 444 Å². The number of carbonyl (C=O) groups excluding carboxylic acids is 9. The Kier molecular flexibility index (Phi) is 22.2. The van der Waals surface area contributed by atoms with Crippen LogP contribution in [0, 0.1) is 29.6 Å². The summed E-state index contributed by atoms with van der Waals surface area (Å²) in [6.45, 7) is 18.8. The molecule has 18 nitrogen and oxygen atoms in total. The Hall–Kier alpha value is -6.33. The summed E-state index contributed by atoms with van der Waals surface area (Å²) in [6.07, 6.45) is 3.57. The Morgan fingerprint density at radius 1 is 0.400 bits per heavy atom. The third-order valence-corrected chi connectivity index (χ3v) is 15.9. The van der Waals surface area contributed by atoms with E-state index in [1.807, 2.05) is 95.3 Å². The highest BCUT2D eigenvalue weighted by atomic mass is 16.2. The molecule has 3 heterocycles. The number of rotatable bonds is 13. The van der Waals surface area contributed by atoms with E-state index < -0.39 is 137 Å². The minimum atomic E-state index is -1.24. The van der Waals surface area contributed by atoms with Gasteiger partial charge in [0.25, 0.3) is 0 Å². The van der Waals surface area contributed by atoms with Crippen LogP contribution in [-0.2, 0) is 56.0 Å². The van der Waals surface area contributed by atoms with Gasteiger partial charge in [-0.15, -0.1) is 0 Å². The van der Waals surface area contributed by atoms with Gasteiger partial charge >= 0.3 is 0 Å². The first-order valence-corrected chi connectivity index (χ1v) is 27.6. The quantitative estimate of drug-likeness (QED) is 0.155. The molecule has 3 aliphatic heterocycles. The Morgan fingerprint density at radius 3 is 1.09 bits per heavy atom. The number of nitrogens with zero attached hydrogens (tertiary/aromatic N) is 2. The van der Waals surface area contributed by atoms with Crippen molar-refractivity contribution in [3.63, 3.8) is 0 Å². The second kappa shape index (κ2) is 28.0. The van der Waals surface area contributed by atoms with E-state index in [9.17, 15) is 43.2 Å². The van der Waals surface area contributed by atoms with Crippen molar-refractivity contribution in [1.82, 2.24) is 47.0 Å². The highest BCUT2D eigenvalue weighted by Crippen LogP contribution is 2.27. The number of hydrogen-bond acceptors (Lipinski definition) is 9. The molecule has 2 aromatic rings. The number of fused-ring (bicyclic) bond motifs is 2. The first-order valence-electron chi connectivity index (χ1n) is 27.6. The molecule has 0 aromatic heterocycles. The largest absolute Gasteiger partial charge is 0.342 e. The zero-order valence-corrected chi connectivity index (χ0v) is 45.9. The van der Waals surface area contributed by atoms with Crippen LogP contribution < -0.4 is 37.2 Å². The minimum absolute atomic E-state index is 0.0222. The van der Waals surface area contributed by atoms with E-state index in [-0.39, 0.29) is 25.9 Å². The predicted molar refractivity (Wildman–Crippen MR) is 286 cm³/mol. The summed E-state index contributed by atoms with van der Waals surface area (Å²) in [5.74, 6) is -7.43. The molecule has 0 spiro atoms. The maximum Gasteiger partial charge on any atom is 0.246 e. The van der Waals surface area contributed by atoms with Crippen molar-refractivity contribution >= 4 is 53.2 Å². The van der Waals surface area contributed by atoms with Gasteiger partial charge in [0.15, 0.2) is 0 Å². The average Bonchev–Trinajstić information content (AvgIpc) is 4.12. The van der Waals surface area contributed by atoms with Crippen LogP contribution in [0.5, 0.6) is 0 Å². The van der Waals surface area contributed by atoms with Gasteiger partial charge in [0, 0.05) is 25.9 Å². The van der Waals surface area contributed by atoms with Crippen LogP contribution in [0.3, 0.4) is 0 Å². The lowest BCUT2D eigenvalue weighted by Gasteiger charge is -2.35. The lowest BCUT2D eigenvalue weighted by atomic mass is 9.92. The van der Waals surface area contributed by atoms with Crippen LogP contribution in [0.2, 0.25) is 0 Å². The topological polar surface area (TPSA) is 244 Å². The van der Waals surface area contributed by atoms with Crippen molar-refractivity contribution in [1.29, 1.82) is 0 Å². The molecule has 0 bridgehead atoms. The highest BCUT2D eigenvalue weighted by molar-refractivity contribution is 6.00. The minimum Gasteiger partial charge on any atom is -0.342 e. The number of amides is 9. The van der Waals surface area contributed by atoms with Crippen molar-refractivity contribution in [2.45, 2.75) is 188 Å². The van der Waals surface area contributed by atoms with Crippen LogP contribution >= 0.6 is 0 Å². The van der Waals surface area contributed by atoms with E-state index >= 15 is 0 Å². The van der Waals surface area contributed by atoms with Crippen molar-refractivity contribution in [3.8, 4) is 0 Å². The Bertz CT molecular complexity index is 2300. The lowest BCUT2D eigenvalue weighted by Crippen LogP contribution is -2.63. The Balaban J connectivity index is 1.61. The van der Waals surface area contributed by atoms with E-state index in [0.29, 0.717) is 56.9 Å². The molecule has 7 N–H and O–H groups in total. The van der Waals surface area contributed by atoms with Crippen molar-refractivity contribution in [3.05, 3.63) is 71.8 Å². The standard InChI is InChI=1S/C57H85N9O9/c1-11-34(7)45-53(71)63-47(36(9)13-3)55(73)64-48(37(10)14-4)54(72)62-46(35(8)12-2)52(70)60-44(33(5)6)57(75)66-30-22-28-43(66)56(74)65-29-21-27-42(65)51(69)59-40(31-38-23-17-15-18-24-38)49(67)58-41(50(68)61-45)32-39-25-19-16-20-26-39/h15-20,23-26,33-37,40-48H,11-14,21-22,27-32H2,1-10H3,(H,58,67)(H,59,69)(H,60,70)(H,61,68)(H,62,72)(H,63,71)(H,64,73)/t34-,35+,36-,37-,40-,41+,42-,43-,44-,45-,46+,47-,48-/m0/s1. The molecule has 3 saturated heterocycles. The zero-order valence-electron chi connectivity index (χ0n) is 45.9. The second-order valence-corrected chi connectivity index (χ2v) is 21.6. The SMILES string of the molecule is CC[C@@H](C)[C@H]1NC(=O)[C@H]([C@@H](C)CC)NC(=O)[C@H]([C@@H](C)CC)NC(=O)[C@H]([C@@H](C)CC)NC(=O)[C@@H](Cc2ccccc2)NC(=O)[C@H](Cc2ccccc2)NC(=O)[C@@H]2CCCN2C(=O)[C@@H]2CCCN2C(=O)[C@H](C(C)C)NC1=O. The second-order valence-electron chi connectivity index (χ2n) is 21.6. The van der Waals surface area contributed by atoms with Gasteiger partial charge in [-0.3, -0.25) is 43.2 Å². The van der Waals surface area contributed by atoms with Crippen LogP contribution in [0.1, 0.15) is 132 Å². The van der Waals surface area contributed by atoms with E-state index in [0.717, 1.165) is 5.56 Å². The Morgan fingerprint density at radius 2 is 0.720 bits per heavy atom. The molecule has 3 aliphatic rings. The molecule has 3 fully saturated rings. The van der Waals surface area contributed by atoms with Crippen LogP contribution in [0.4, 0.5) is 0 Å². The van der Waals surface area contributed by atoms with Gasteiger partial charge in [0.05, 0.1) is 0 Å². The smallest absolute Gasteiger partial charge is 0.246 e. The van der Waals surface area contributed by atoms with Gasteiger partial charge < -0.3 is 47.0 Å². The molecular formula is C57H85N9O9. The molecule has 0 unspecified atom stereocenters. The summed E-state index contributed by atoms with van der Waals surface area (Å²) in [4.78, 5) is 135. The number of hydrogen-bond donors (Lipinski definition) is 7. The molecule has 18 heteroatoms. The fraction of sp³-hybridized carbons (Fsp3) is 0.632. The first kappa shape index (κ1) is 59.5. The van der Waals surface area contributed by atoms with Gasteiger partial charge in [0.1, 0.15) is 54.4 Å². The van der Waals surface area contributed by atoms with Gasteiger partial charge in [-0.2, -0.15) is 0 Å². The van der Waals surface area contributed by atoms with E-state index in [4.69, 9.17) is 0 Å². The lowest BCUT2D eigenvalue weighted by molar-refractivity contribution is -0.148. The third-order valence-electron chi connectivity index (χ3n) is 15.9. The molecule has 0 saturated carbocycles. The van der Waals surface area contributed by atoms with E-state index in [1.165, 1.54) is 9.80 Å². The van der Waals surface area contributed by atoms with Crippen molar-refractivity contribution in [2.24, 2.45) is 29.6 Å². The number of carbonyl (C=O) groups is 9. The fourth-order valence-electron chi connectivity index (χ4n) is 10.2. The number of benzene rings is 2. The fourth-order valence-corrected chi connectivity index (χ4v) is 10.2. The number of nitrogens with one attached hydrogen (secondary N) is 7. The molecule has 9 amide bonds. The highest BCUT2D eigenvalue weighted by Gasteiger charge is 2.46. The molecule has 0 radical (unpaired) electrons. The normalized spacial score (nSPS) is 28.0. The van der Waals surface area contributed by atoms with Gasteiger partial charge in [0.2, 0.25) is 53.2 Å². The molecular weight excluding hydrogens is 955 g/mol. The summed E-state index contributed by atoms with van der Waals surface area (Å²) in [7, 11) is 0. The van der Waals surface area contributed by atoms with Crippen LogP contribution in [0.15, 0.2) is 60.7 Å². The van der Waals surface area contributed by atoms with Crippen molar-refractivity contribution < 1.29 is 43.2 Å². The van der Waals surface area contributed by atoms with Crippen molar-refractivity contribution in [2.75, 3.05) is 13.1 Å². The molecule has 75 heavy (non-hydrogen) atoms. The molecule has 0 aliphatic carbocycles. The van der Waals surface area contributed by atoms with Crippen LogP contribution in [-0.4, -0.2) is 130 Å². The zero-order chi connectivity index (χ0) is 55.1. The first-order chi connectivity index (χ1) is 35.7. The molecule has 5 rings (SSSR count). The van der Waals surface area contributed by atoms with Gasteiger partial charge in [-0.05, 0) is 66.4 Å². The van der Waals surface area contributed by atoms with Gasteiger partial charge in [-0.25, -0.2) is 0 Å². The summed E-state index contributed by atoms with van der Waals surface area (Å²) in [5.41, 5.74) is 1.44. The van der Waals surface area contributed by atoms with Crippen LogP contribution in [0.25, 0.3) is 0 Å². The average molecular weight is 1040 g/mol. The molecule has 412 valence electrons. The monoisotopic (exact) mass is 1040 g/mol. The predicted octanol–water partition coefficient (Wildman–Crippen LogP) is 3.70. The summed E-state index contributed by atoms with van der Waals surface area (Å²) in [5, 5.41) is 20.4. The summed E-state index contributed by atoms with van der Waals surface area (Å²) >= 11 is 0. The van der Waals surface area contributed by atoms with Gasteiger partial charge in [-0.1, -0.05) is 156 Å². The van der Waals surface area contributed by atoms with E-state index in [2.05, 4.69) is 37.2 Å². The third kappa shape index (κ3) is 15.4. The summed E-state index contributed by atoms with van der Waals surface area (Å²) < 4.78 is 0. The maximum atomic E-state index is 14.8. The summed E-state index contributed by atoms with van der Waals surface area (Å²) in [6, 6.07) is 8.15. The maximum absolute atomic E-state index is 14.8. The molecule has 13 atom stereocenters. The van der Waals surface area contributed by atoms with E-state index in [1.54, 1.807) is 34.6 Å². The molecule has 2 aromatic carbocycles.